The Morgan fingerprint density at radius 2 is 1.45 bits per heavy atom. The van der Waals surface area contributed by atoms with E-state index in [1.165, 1.54) is 0 Å². The summed E-state index contributed by atoms with van der Waals surface area (Å²) in [7, 11) is 0. The van der Waals surface area contributed by atoms with Gasteiger partial charge in [0.05, 0.1) is 5.92 Å². The van der Waals surface area contributed by atoms with E-state index in [2.05, 4.69) is 22.8 Å². The van der Waals surface area contributed by atoms with Crippen molar-refractivity contribution in [2.45, 2.75) is 39.7 Å². The SMILES string of the molecule is CC(C)C(CNC(=O)[C@H](NC(=O)OCC1c2ccccc2-c2ccccc21)C(C)C)C(=O)O. The molecule has 7 nitrogen and oxygen atoms in total. The second kappa shape index (κ2) is 10.5. The van der Waals surface area contributed by atoms with Gasteiger partial charge in [-0.2, -0.15) is 0 Å². The summed E-state index contributed by atoms with van der Waals surface area (Å²) >= 11 is 0. The lowest BCUT2D eigenvalue weighted by Crippen LogP contribution is -2.51. The molecule has 0 saturated carbocycles. The molecule has 1 unspecified atom stereocenters. The van der Waals surface area contributed by atoms with Crippen molar-refractivity contribution in [1.82, 2.24) is 10.6 Å². The zero-order chi connectivity index (χ0) is 24.1. The lowest BCUT2D eigenvalue weighted by Gasteiger charge is -2.24. The molecule has 0 radical (unpaired) electrons. The quantitative estimate of drug-likeness (QED) is 0.533. The number of fused-ring (bicyclic) bond motifs is 3. The Bertz CT molecular complexity index is 972. The predicted octanol–water partition coefficient (Wildman–Crippen LogP) is 4.02. The maximum atomic E-state index is 12.7. The summed E-state index contributed by atoms with van der Waals surface area (Å²) in [5, 5.41) is 14.6. The monoisotopic (exact) mass is 452 g/mol. The van der Waals surface area contributed by atoms with E-state index in [1.807, 2.05) is 50.2 Å². The lowest BCUT2D eigenvalue weighted by atomic mass is 9.95. The highest BCUT2D eigenvalue weighted by Crippen LogP contribution is 2.44. The van der Waals surface area contributed by atoms with Crippen molar-refractivity contribution in [3.8, 4) is 11.1 Å². The number of hydrogen-bond donors (Lipinski definition) is 3. The van der Waals surface area contributed by atoms with Gasteiger partial charge in [-0.05, 0) is 34.1 Å². The van der Waals surface area contributed by atoms with Crippen LogP contribution in [0, 0.1) is 17.8 Å². The minimum Gasteiger partial charge on any atom is -0.481 e. The van der Waals surface area contributed by atoms with Crippen LogP contribution in [0.2, 0.25) is 0 Å². The third-order valence-electron chi connectivity index (χ3n) is 6.18. The topological polar surface area (TPSA) is 105 Å². The summed E-state index contributed by atoms with van der Waals surface area (Å²) in [6.07, 6.45) is -0.677. The van der Waals surface area contributed by atoms with Crippen LogP contribution in [0.3, 0.4) is 0 Å². The van der Waals surface area contributed by atoms with E-state index in [-0.39, 0.29) is 30.9 Å². The fraction of sp³-hybridized carbons (Fsp3) is 0.423. The molecule has 0 aliphatic heterocycles. The Kier molecular flexibility index (Phi) is 7.74. The average Bonchev–Trinajstić information content (AvgIpc) is 3.09. The van der Waals surface area contributed by atoms with Crippen LogP contribution in [0.15, 0.2) is 48.5 Å². The first-order chi connectivity index (χ1) is 15.7. The highest BCUT2D eigenvalue weighted by Gasteiger charge is 2.31. The van der Waals surface area contributed by atoms with Gasteiger partial charge in [0.15, 0.2) is 0 Å². The van der Waals surface area contributed by atoms with Gasteiger partial charge < -0.3 is 20.5 Å². The molecular formula is C26H32N2O5. The Labute approximate surface area is 194 Å². The van der Waals surface area contributed by atoms with Crippen molar-refractivity contribution >= 4 is 18.0 Å². The van der Waals surface area contributed by atoms with E-state index in [0.717, 1.165) is 22.3 Å². The highest BCUT2D eigenvalue weighted by atomic mass is 16.5. The maximum Gasteiger partial charge on any atom is 0.407 e. The highest BCUT2D eigenvalue weighted by molar-refractivity contribution is 5.86. The zero-order valence-corrected chi connectivity index (χ0v) is 19.5. The average molecular weight is 453 g/mol. The number of aliphatic carboxylic acids is 1. The Morgan fingerprint density at radius 3 is 1.94 bits per heavy atom. The summed E-state index contributed by atoms with van der Waals surface area (Å²) in [6, 6.07) is 15.3. The van der Waals surface area contributed by atoms with Crippen LogP contribution in [0.25, 0.3) is 11.1 Å². The number of amides is 2. The second-order valence-electron chi connectivity index (χ2n) is 9.13. The molecule has 2 aromatic carbocycles. The molecule has 1 aliphatic rings. The summed E-state index contributed by atoms with van der Waals surface area (Å²) in [4.78, 5) is 36.7. The second-order valence-corrected chi connectivity index (χ2v) is 9.13. The van der Waals surface area contributed by atoms with Gasteiger partial charge in [-0.1, -0.05) is 76.2 Å². The summed E-state index contributed by atoms with van der Waals surface area (Å²) < 4.78 is 5.55. The first kappa shape index (κ1) is 24.3. The molecule has 2 amide bonds. The van der Waals surface area contributed by atoms with Crippen LogP contribution >= 0.6 is 0 Å². The number of carbonyl (C=O) groups is 3. The van der Waals surface area contributed by atoms with Crippen LogP contribution in [-0.4, -0.2) is 42.3 Å². The zero-order valence-electron chi connectivity index (χ0n) is 19.5. The van der Waals surface area contributed by atoms with E-state index in [0.29, 0.717) is 0 Å². The molecule has 2 aromatic rings. The number of benzene rings is 2. The number of ether oxygens (including phenoxy) is 1. The van der Waals surface area contributed by atoms with Crippen LogP contribution in [0.4, 0.5) is 4.79 Å². The normalized spacial score (nSPS) is 14.4. The van der Waals surface area contributed by atoms with Gasteiger partial charge in [-0.3, -0.25) is 9.59 Å². The number of nitrogens with one attached hydrogen (secondary N) is 2. The minimum atomic E-state index is -0.962. The first-order valence-electron chi connectivity index (χ1n) is 11.3. The van der Waals surface area contributed by atoms with E-state index in [1.54, 1.807) is 13.8 Å². The van der Waals surface area contributed by atoms with E-state index >= 15 is 0 Å². The van der Waals surface area contributed by atoms with Crippen molar-refractivity contribution < 1.29 is 24.2 Å². The molecule has 176 valence electrons. The molecule has 0 fully saturated rings. The molecule has 0 spiro atoms. The van der Waals surface area contributed by atoms with E-state index in [9.17, 15) is 19.5 Å². The third-order valence-corrected chi connectivity index (χ3v) is 6.18. The number of alkyl carbamates (subject to hydrolysis) is 1. The van der Waals surface area contributed by atoms with Crippen molar-refractivity contribution in [2.24, 2.45) is 17.8 Å². The Morgan fingerprint density at radius 1 is 0.909 bits per heavy atom. The third kappa shape index (κ3) is 5.53. The smallest absolute Gasteiger partial charge is 0.407 e. The van der Waals surface area contributed by atoms with Gasteiger partial charge in [-0.15, -0.1) is 0 Å². The van der Waals surface area contributed by atoms with Crippen LogP contribution in [-0.2, 0) is 14.3 Å². The minimum absolute atomic E-state index is 0.00141. The van der Waals surface area contributed by atoms with Crippen molar-refractivity contribution in [3.05, 3.63) is 59.7 Å². The van der Waals surface area contributed by atoms with Gasteiger partial charge >= 0.3 is 12.1 Å². The summed E-state index contributed by atoms with van der Waals surface area (Å²) in [5.74, 6) is -2.49. The largest absolute Gasteiger partial charge is 0.481 e. The van der Waals surface area contributed by atoms with E-state index in [4.69, 9.17) is 4.74 Å². The van der Waals surface area contributed by atoms with Crippen LogP contribution in [0.5, 0.6) is 0 Å². The molecule has 3 rings (SSSR count). The molecule has 33 heavy (non-hydrogen) atoms. The summed E-state index contributed by atoms with van der Waals surface area (Å²) in [6.45, 7) is 7.36. The fourth-order valence-electron chi connectivity index (χ4n) is 4.23. The first-order valence-corrected chi connectivity index (χ1v) is 11.3. The molecule has 0 heterocycles. The maximum absolute atomic E-state index is 12.7. The predicted molar refractivity (Wildman–Crippen MR) is 126 cm³/mol. The fourth-order valence-corrected chi connectivity index (χ4v) is 4.23. The number of carbonyl (C=O) groups excluding carboxylic acids is 2. The molecule has 3 N–H and O–H groups in total. The molecule has 0 aromatic heterocycles. The number of hydrogen-bond acceptors (Lipinski definition) is 4. The number of carboxylic acids is 1. The number of carboxylic acid groups (broad SMARTS) is 1. The Balaban J connectivity index is 1.62. The Hall–Kier alpha value is -3.35. The van der Waals surface area contributed by atoms with Crippen molar-refractivity contribution in [1.29, 1.82) is 0 Å². The standard InChI is InChI=1S/C26H32N2O5/c1-15(2)21(25(30)31)13-27-24(29)23(16(3)4)28-26(32)33-14-22-19-11-7-5-9-17(19)18-10-6-8-12-20(18)22/h5-12,15-16,21-23H,13-14H2,1-4H3,(H,27,29)(H,28,32)(H,30,31)/t21?,23-/m1/s1. The van der Waals surface area contributed by atoms with Gasteiger partial charge in [0.25, 0.3) is 0 Å². The molecule has 0 bridgehead atoms. The number of rotatable bonds is 9. The molecule has 0 saturated heterocycles. The molecule has 2 atom stereocenters. The molecule has 7 heteroatoms. The van der Waals surface area contributed by atoms with Gasteiger partial charge in [0.1, 0.15) is 12.6 Å². The van der Waals surface area contributed by atoms with Crippen LogP contribution in [0.1, 0.15) is 44.7 Å². The molecular weight excluding hydrogens is 420 g/mol. The van der Waals surface area contributed by atoms with E-state index < -0.39 is 29.9 Å². The molecule has 1 aliphatic carbocycles. The van der Waals surface area contributed by atoms with Gasteiger partial charge in [-0.25, -0.2) is 4.79 Å². The summed E-state index contributed by atoms with van der Waals surface area (Å²) in [5.41, 5.74) is 4.50. The van der Waals surface area contributed by atoms with Crippen LogP contribution < -0.4 is 10.6 Å². The van der Waals surface area contributed by atoms with Crippen molar-refractivity contribution in [3.63, 3.8) is 0 Å². The van der Waals surface area contributed by atoms with Gasteiger partial charge in [0, 0.05) is 12.5 Å². The lowest BCUT2D eigenvalue weighted by molar-refractivity contribution is -0.143. The van der Waals surface area contributed by atoms with Crippen molar-refractivity contribution in [2.75, 3.05) is 13.2 Å². The van der Waals surface area contributed by atoms with Gasteiger partial charge in [0.2, 0.25) is 5.91 Å².